The summed E-state index contributed by atoms with van der Waals surface area (Å²) in [6.45, 7) is 1.83. The second kappa shape index (κ2) is 5.04. The summed E-state index contributed by atoms with van der Waals surface area (Å²) < 4.78 is 0.812. The first-order chi connectivity index (χ1) is 9.65. The molecule has 0 aliphatic heterocycles. The number of H-pyrrole nitrogens is 2. The van der Waals surface area contributed by atoms with Gasteiger partial charge in [0, 0.05) is 4.47 Å². The van der Waals surface area contributed by atoms with Crippen molar-refractivity contribution < 1.29 is 4.79 Å². The Morgan fingerprint density at radius 2 is 2.25 bits per heavy atom. The third-order valence-electron chi connectivity index (χ3n) is 2.92. The summed E-state index contributed by atoms with van der Waals surface area (Å²) in [6.07, 6.45) is 2.97. The summed E-state index contributed by atoms with van der Waals surface area (Å²) in [7, 11) is 0. The third kappa shape index (κ3) is 2.29. The number of carbonyl (C=O) groups is 1. The highest BCUT2D eigenvalue weighted by Crippen LogP contribution is 2.22. The fourth-order valence-electron chi connectivity index (χ4n) is 1.95. The average Bonchev–Trinajstić information content (AvgIpc) is 3.08. The van der Waals surface area contributed by atoms with E-state index >= 15 is 0 Å². The average molecular weight is 335 g/mol. The zero-order chi connectivity index (χ0) is 14.1. The first-order valence-electron chi connectivity index (χ1n) is 5.94. The molecule has 0 unspecified atom stereocenters. The van der Waals surface area contributed by atoms with Gasteiger partial charge in [-0.15, -0.1) is 0 Å². The molecule has 0 saturated heterocycles. The molecule has 7 nitrogen and oxygen atoms in total. The molecule has 3 aromatic rings. The van der Waals surface area contributed by atoms with E-state index in [1.54, 1.807) is 12.4 Å². The van der Waals surface area contributed by atoms with Crippen LogP contribution in [0.25, 0.3) is 11.0 Å². The number of nitrogens with one attached hydrogen (secondary N) is 3. The Morgan fingerprint density at radius 1 is 1.40 bits per heavy atom. The van der Waals surface area contributed by atoms with Crippen LogP contribution in [-0.2, 0) is 0 Å². The van der Waals surface area contributed by atoms with Crippen molar-refractivity contribution in [2.45, 2.75) is 13.0 Å². The van der Waals surface area contributed by atoms with Crippen molar-refractivity contribution in [2.75, 3.05) is 0 Å². The molecule has 0 bridgehead atoms. The number of aromatic nitrogens is 5. The minimum absolute atomic E-state index is 0.215. The van der Waals surface area contributed by atoms with Crippen molar-refractivity contribution in [1.29, 1.82) is 0 Å². The lowest BCUT2D eigenvalue weighted by atomic mass is 10.1. The first-order valence-corrected chi connectivity index (χ1v) is 6.73. The fourth-order valence-corrected chi connectivity index (χ4v) is 2.41. The van der Waals surface area contributed by atoms with Crippen LogP contribution >= 0.6 is 15.9 Å². The van der Waals surface area contributed by atoms with Gasteiger partial charge in [0.1, 0.15) is 17.7 Å². The fraction of sp³-hybridized carbons (Fsp3) is 0.167. The largest absolute Gasteiger partial charge is 0.345 e. The molecule has 2 aromatic heterocycles. The van der Waals surface area contributed by atoms with Crippen molar-refractivity contribution in [1.82, 2.24) is 30.5 Å². The van der Waals surface area contributed by atoms with Gasteiger partial charge < -0.3 is 10.3 Å². The minimum atomic E-state index is -0.266. The number of imidazole rings is 1. The van der Waals surface area contributed by atoms with Gasteiger partial charge in [0.2, 0.25) is 0 Å². The monoisotopic (exact) mass is 334 g/mol. The summed E-state index contributed by atoms with van der Waals surface area (Å²) in [5, 5.41) is 9.36. The van der Waals surface area contributed by atoms with Gasteiger partial charge in [-0.25, -0.2) is 9.97 Å². The molecule has 8 heteroatoms. The Balaban J connectivity index is 1.91. The van der Waals surface area contributed by atoms with Gasteiger partial charge in [0.05, 0.1) is 23.4 Å². The summed E-state index contributed by atoms with van der Waals surface area (Å²) in [5.41, 5.74) is 1.94. The van der Waals surface area contributed by atoms with Crippen LogP contribution in [0.4, 0.5) is 0 Å². The van der Waals surface area contributed by atoms with Crippen molar-refractivity contribution in [3.05, 3.63) is 40.6 Å². The van der Waals surface area contributed by atoms with Crippen LogP contribution in [0.3, 0.4) is 0 Å². The molecule has 1 amide bonds. The highest BCUT2D eigenvalue weighted by molar-refractivity contribution is 9.10. The summed E-state index contributed by atoms with van der Waals surface area (Å²) in [5.74, 6) is 0.388. The van der Waals surface area contributed by atoms with Crippen molar-refractivity contribution in [3.63, 3.8) is 0 Å². The van der Waals surface area contributed by atoms with Gasteiger partial charge in [-0.1, -0.05) is 15.9 Å². The molecule has 20 heavy (non-hydrogen) atoms. The normalized spacial score (nSPS) is 12.5. The van der Waals surface area contributed by atoms with Crippen molar-refractivity contribution >= 4 is 32.9 Å². The van der Waals surface area contributed by atoms with Gasteiger partial charge in [0.25, 0.3) is 5.91 Å². The van der Waals surface area contributed by atoms with Gasteiger partial charge in [-0.3, -0.25) is 9.89 Å². The number of hydrogen-bond acceptors (Lipinski definition) is 4. The number of amides is 1. The lowest BCUT2D eigenvalue weighted by Gasteiger charge is -2.11. The molecule has 0 saturated carbocycles. The van der Waals surface area contributed by atoms with E-state index in [9.17, 15) is 4.79 Å². The molecular formula is C12H11BrN6O. The number of rotatable bonds is 3. The molecule has 3 N–H and O–H groups in total. The maximum Gasteiger partial charge on any atom is 0.254 e. The van der Waals surface area contributed by atoms with Crippen LogP contribution in [0.5, 0.6) is 0 Å². The van der Waals surface area contributed by atoms with Gasteiger partial charge in [-0.05, 0) is 19.1 Å². The summed E-state index contributed by atoms with van der Waals surface area (Å²) in [4.78, 5) is 23.6. The lowest BCUT2D eigenvalue weighted by Crippen LogP contribution is -2.27. The van der Waals surface area contributed by atoms with Crippen molar-refractivity contribution in [3.8, 4) is 0 Å². The molecule has 3 rings (SSSR count). The topological polar surface area (TPSA) is 99.3 Å². The molecule has 102 valence electrons. The molecular weight excluding hydrogens is 324 g/mol. The highest BCUT2D eigenvalue weighted by atomic mass is 79.9. The maximum atomic E-state index is 12.4. The molecule has 1 atom stereocenters. The molecule has 0 radical (unpaired) electrons. The summed E-state index contributed by atoms with van der Waals surface area (Å²) >= 11 is 3.38. The van der Waals surface area contributed by atoms with Crippen LogP contribution in [0.15, 0.2) is 29.3 Å². The van der Waals surface area contributed by atoms with Gasteiger partial charge >= 0.3 is 0 Å². The zero-order valence-corrected chi connectivity index (χ0v) is 12.1. The van der Waals surface area contributed by atoms with E-state index in [0.717, 1.165) is 9.99 Å². The van der Waals surface area contributed by atoms with E-state index in [2.05, 4.69) is 46.4 Å². The second-order valence-electron chi connectivity index (χ2n) is 4.32. The van der Waals surface area contributed by atoms with E-state index in [-0.39, 0.29) is 11.9 Å². The first kappa shape index (κ1) is 12.8. The van der Waals surface area contributed by atoms with E-state index in [1.165, 1.54) is 6.33 Å². The molecule has 2 heterocycles. The number of halogens is 1. The molecule has 1 aromatic carbocycles. The predicted octanol–water partition coefficient (Wildman–Crippen LogP) is 1.93. The quantitative estimate of drug-likeness (QED) is 0.681. The standard InChI is InChI=1S/C12H11BrN6O/c1-6(11-16-5-17-19-11)18-12(20)8-2-7(13)3-9-10(8)15-4-14-9/h2-6H,1H3,(H,14,15)(H,18,20)(H,16,17,19)/t6-/m0/s1. The van der Waals surface area contributed by atoms with E-state index in [4.69, 9.17) is 0 Å². The number of aromatic amines is 2. The predicted molar refractivity (Wildman–Crippen MR) is 76.1 cm³/mol. The van der Waals surface area contributed by atoms with Crippen LogP contribution in [0.1, 0.15) is 29.1 Å². The number of benzene rings is 1. The molecule has 0 fully saturated rings. The molecule has 0 spiro atoms. The van der Waals surface area contributed by atoms with Crippen LogP contribution < -0.4 is 5.32 Å². The molecule has 0 aliphatic carbocycles. The number of nitrogens with zero attached hydrogens (tertiary/aromatic N) is 3. The summed E-state index contributed by atoms with van der Waals surface area (Å²) in [6, 6.07) is 3.35. The lowest BCUT2D eigenvalue weighted by molar-refractivity contribution is 0.0940. The Morgan fingerprint density at radius 3 is 3.00 bits per heavy atom. The maximum absolute atomic E-state index is 12.4. The van der Waals surface area contributed by atoms with Gasteiger partial charge in [0.15, 0.2) is 0 Å². The van der Waals surface area contributed by atoms with E-state index < -0.39 is 0 Å². The molecule has 0 aliphatic rings. The van der Waals surface area contributed by atoms with Gasteiger partial charge in [-0.2, -0.15) is 5.10 Å². The van der Waals surface area contributed by atoms with Crippen LogP contribution in [0, 0.1) is 0 Å². The minimum Gasteiger partial charge on any atom is -0.345 e. The zero-order valence-electron chi connectivity index (χ0n) is 10.5. The number of fused-ring (bicyclic) bond motifs is 1. The Bertz CT molecular complexity index is 750. The van der Waals surface area contributed by atoms with Crippen LogP contribution in [-0.4, -0.2) is 31.1 Å². The Kier molecular flexibility index (Phi) is 3.23. The highest BCUT2D eigenvalue weighted by Gasteiger charge is 2.17. The Hall–Kier alpha value is -2.22. The Labute approximate surface area is 122 Å². The second-order valence-corrected chi connectivity index (χ2v) is 5.23. The van der Waals surface area contributed by atoms with E-state index in [0.29, 0.717) is 16.9 Å². The third-order valence-corrected chi connectivity index (χ3v) is 3.38. The van der Waals surface area contributed by atoms with Crippen LogP contribution in [0.2, 0.25) is 0 Å². The number of carbonyl (C=O) groups excluding carboxylic acids is 1. The smallest absolute Gasteiger partial charge is 0.254 e. The van der Waals surface area contributed by atoms with Crippen molar-refractivity contribution in [2.24, 2.45) is 0 Å². The van der Waals surface area contributed by atoms with E-state index in [1.807, 2.05) is 13.0 Å². The number of hydrogen-bond donors (Lipinski definition) is 3. The SMILES string of the molecule is C[C@H](NC(=O)c1cc(Br)cc2[nH]cnc12)c1ncn[nH]1.